The molecule has 0 amide bonds. The van der Waals surface area contributed by atoms with E-state index in [9.17, 15) is 0 Å². The number of aliphatic imine (C=N–C) groups is 1. The first-order chi connectivity index (χ1) is 10.6. The van der Waals surface area contributed by atoms with E-state index in [1.54, 1.807) is 6.33 Å². The quantitative estimate of drug-likeness (QED) is 0.631. The highest BCUT2D eigenvalue weighted by Crippen LogP contribution is 2.21. The highest BCUT2D eigenvalue weighted by Gasteiger charge is 2.21. The number of nitrogens with zero attached hydrogens (tertiary/aromatic N) is 4. The summed E-state index contributed by atoms with van der Waals surface area (Å²) in [4.78, 5) is 12.7. The fourth-order valence-corrected chi connectivity index (χ4v) is 2.32. The second kappa shape index (κ2) is 7.17. The third-order valence-corrected chi connectivity index (χ3v) is 3.26. The SMILES string of the molecule is C=NC(OC(C)C)C(/C=C\C)Nc1ncnc2ccn(C)c12. The van der Waals surface area contributed by atoms with Crippen molar-refractivity contribution in [2.45, 2.75) is 39.1 Å². The minimum Gasteiger partial charge on any atom is -0.357 e. The van der Waals surface area contributed by atoms with E-state index in [1.807, 2.05) is 56.8 Å². The van der Waals surface area contributed by atoms with Gasteiger partial charge >= 0.3 is 0 Å². The van der Waals surface area contributed by atoms with Gasteiger partial charge in [0.25, 0.3) is 0 Å². The van der Waals surface area contributed by atoms with E-state index >= 15 is 0 Å². The second-order valence-electron chi connectivity index (χ2n) is 5.34. The van der Waals surface area contributed by atoms with Gasteiger partial charge in [-0.2, -0.15) is 0 Å². The number of hydrogen-bond donors (Lipinski definition) is 1. The van der Waals surface area contributed by atoms with Gasteiger partial charge in [0, 0.05) is 13.2 Å². The number of ether oxygens (including phenoxy) is 1. The first kappa shape index (κ1) is 16.2. The molecule has 0 aromatic carbocycles. The fraction of sp³-hybridized carbons (Fsp3) is 0.438. The molecular formula is C16H23N5O. The number of aryl methyl sites for hydroxylation is 1. The Morgan fingerprint density at radius 2 is 2.18 bits per heavy atom. The number of nitrogens with one attached hydrogen (secondary N) is 1. The van der Waals surface area contributed by atoms with Crippen molar-refractivity contribution in [3.63, 3.8) is 0 Å². The van der Waals surface area contributed by atoms with Crippen LogP contribution in [0, 0.1) is 0 Å². The largest absolute Gasteiger partial charge is 0.357 e. The first-order valence-corrected chi connectivity index (χ1v) is 7.33. The van der Waals surface area contributed by atoms with Gasteiger partial charge in [-0.25, -0.2) is 9.97 Å². The summed E-state index contributed by atoms with van der Waals surface area (Å²) >= 11 is 0. The first-order valence-electron chi connectivity index (χ1n) is 7.33. The van der Waals surface area contributed by atoms with Crippen molar-refractivity contribution in [3.05, 3.63) is 30.7 Å². The number of hydrogen-bond acceptors (Lipinski definition) is 5. The van der Waals surface area contributed by atoms with Crippen LogP contribution in [0.25, 0.3) is 11.0 Å². The predicted molar refractivity (Wildman–Crippen MR) is 90.3 cm³/mol. The molecule has 0 aliphatic rings. The average molecular weight is 301 g/mol. The fourth-order valence-electron chi connectivity index (χ4n) is 2.32. The molecule has 6 heteroatoms. The van der Waals surface area contributed by atoms with Gasteiger partial charge in [0.1, 0.15) is 11.8 Å². The minimum atomic E-state index is -0.388. The van der Waals surface area contributed by atoms with Crippen LogP contribution in [0.5, 0.6) is 0 Å². The number of aromatic nitrogens is 3. The third-order valence-electron chi connectivity index (χ3n) is 3.26. The van der Waals surface area contributed by atoms with Crippen LogP contribution >= 0.6 is 0 Å². The molecule has 6 nitrogen and oxygen atoms in total. The normalized spacial score (nSPS) is 14.6. The summed E-state index contributed by atoms with van der Waals surface area (Å²) < 4.78 is 7.81. The summed E-state index contributed by atoms with van der Waals surface area (Å²) in [6, 6.07) is 1.80. The van der Waals surface area contributed by atoms with Gasteiger partial charge in [-0.3, -0.25) is 4.99 Å². The van der Waals surface area contributed by atoms with E-state index in [4.69, 9.17) is 4.74 Å². The lowest BCUT2D eigenvalue weighted by Gasteiger charge is -2.25. The van der Waals surface area contributed by atoms with Crippen LogP contribution in [-0.4, -0.2) is 39.6 Å². The standard InChI is InChI=1S/C16H23N5O/c1-6-7-13(16(17-4)22-11(2)3)20-15-14-12(18-10-19-15)8-9-21(14)5/h6-11,13,16H,4H2,1-3,5H3,(H,18,19,20)/b7-6-. The van der Waals surface area contributed by atoms with Crippen molar-refractivity contribution in [1.29, 1.82) is 0 Å². The van der Waals surface area contributed by atoms with Crippen molar-refractivity contribution in [1.82, 2.24) is 14.5 Å². The maximum atomic E-state index is 5.82. The van der Waals surface area contributed by atoms with Crippen LogP contribution in [0.4, 0.5) is 5.82 Å². The zero-order valence-electron chi connectivity index (χ0n) is 13.5. The van der Waals surface area contributed by atoms with Gasteiger partial charge in [0.05, 0.1) is 17.7 Å². The predicted octanol–water partition coefficient (Wildman–Crippen LogP) is 2.78. The molecule has 2 rings (SSSR count). The molecule has 2 aromatic heterocycles. The molecule has 22 heavy (non-hydrogen) atoms. The van der Waals surface area contributed by atoms with E-state index < -0.39 is 0 Å². The average Bonchev–Trinajstić information content (AvgIpc) is 2.87. The van der Waals surface area contributed by atoms with Crippen LogP contribution in [-0.2, 0) is 11.8 Å². The highest BCUT2D eigenvalue weighted by molar-refractivity contribution is 5.86. The molecule has 2 atom stereocenters. The molecule has 0 fully saturated rings. The smallest absolute Gasteiger partial charge is 0.171 e. The lowest BCUT2D eigenvalue weighted by atomic mass is 10.2. The lowest BCUT2D eigenvalue weighted by molar-refractivity contribution is 0.0105. The summed E-state index contributed by atoms with van der Waals surface area (Å²) in [6.45, 7) is 9.56. The molecule has 0 bridgehead atoms. The van der Waals surface area contributed by atoms with Crippen molar-refractivity contribution >= 4 is 23.6 Å². The van der Waals surface area contributed by atoms with Gasteiger partial charge in [-0.1, -0.05) is 12.2 Å². The van der Waals surface area contributed by atoms with E-state index in [0.29, 0.717) is 0 Å². The van der Waals surface area contributed by atoms with Crippen LogP contribution in [0.2, 0.25) is 0 Å². The van der Waals surface area contributed by atoms with E-state index in [1.165, 1.54) is 0 Å². The zero-order chi connectivity index (χ0) is 16.1. The van der Waals surface area contributed by atoms with Crippen molar-refractivity contribution in [2.75, 3.05) is 5.32 Å². The maximum absolute atomic E-state index is 5.82. The maximum Gasteiger partial charge on any atom is 0.171 e. The van der Waals surface area contributed by atoms with E-state index in [-0.39, 0.29) is 18.4 Å². The zero-order valence-corrected chi connectivity index (χ0v) is 13.5. The van der Waals surface area contributed by atoms with Crippen LogP contribution in [0.3, 0.4) is 0 Å². The molecule has 1 N–H and O–H groups in total. The van der Waals surface area contributed by atoms with Gasteiger partial charge in [0.15, 0.2) is 12.0 Å². The highest BCUT2D eigenvalue weighted by atomic mass is 16.5. The van der Waals surface area contributed by atoms with Crippen LogP contribution in [0.15, 0.2) is 35.7 Å². The molecule has 2 unspecified atom stereocenters. The van der Waals surface area contributed by atoms with Gasteiger partial charge < -0.3 is 14.6 Å². The van der Waals surface area contributed by atoms with Gasteiger partial charge in [-0.15, -0.1) is 0 Å². The molecular weight excluding hydrogens is 278 g/mol. The molecule has 0 radical (unpaired) electrons. The summed E-state index contributed by atoms with van der Waals surface area (Å²) in [6.07, 6.45) is 7.15. The summed E-state index contributed by atoms with van der Waals surface area (Å²) in [5.74, 6) is 0.751. The molecule has 2 heterocycles. The Bertz CT molecular complexity index is 662. The van der Waals surface area contributed by atoms with Crippen LogP contribution < -0.4 is 5.32 Å². The Kier molecular flexibility index (Phi) is 5.27. The second-order valence-corrected chi connectivity index (χ2v) is 5.34. The summed E-state index contributed by atoms with van der Waals surface area (Å²) in [7, 11) is 1.97. The minimum absolute atomic E-state index is 0.0607. The summed E-state index contributed by atoms with van der Waals surface area (Å²) in [5.41, 5.74) is 1.84. The Morgan fingerprint density at radius 3 is 2.82 bits per heavy atom. The Labute approximate surface area is 130 Å². The number of anilines is 1. The summed E-state index contributed by atoms with van der Waals surface area (Å²) in [5, 5.41) is 3.39. The molecule has 0 saturated heterocycles. The topological polar surface area (TPSA) is 64.3 Å². The number of allylic oxidation sites excluding steroid dienone is 1. The number of rotatable bonds is 7. The monoisotopic (exact) mass is 301 g/mol. The molecule has 0 aliphatic carbocycles. The van der Waals surface area contributed by atoms with Gasteiger partial charge in [0.2, 0.25) is 0 Å². The lowest BCUT2D eigenvalue weighted by Crippen LogP contribution is -2.35. The molecule has 2 aromatic rings. The van der Waals surface area contributed by atoms with Crippen LogP contribution in [0.1, 0.15) is 20.8 Å². The van der Waals surface area contributed by atoms with Crippen molar-refractivity contribution in [3.8, 4) is 0 Å². The Morgan fingerprint density at radius 1 is 1.41 bits per heavy atom. The third kappa shape index (κ3) is 3.51. The molecule has 118 valence electrons. The van der Waals surface area contributed by atoms with Crippen molar-refractivity contribution < 1.29 is 4.74 Å². The van der Waals surface area contributed by atoms with Gasteiger partial charge in [-0.05, 0) is 33.6 Å². The van der Waals surface area contributed by atoms with E-state index in [2.05, 4.69) is 27.0 Å². The number of fused-ring (bicyclic) bond motifs is 1. The van der Waals surface area contributed by atoms with E-state index in [0.717, 1.165) is 16.9 Å². The Balaban J connectivity index is 2.33. The molecule has 0 saturated carbocycles. The Hall–Kier alpha value is -2.21. The van der Waals surface area contributed by atoms with Crippen molar-refractivity contribution in [2.24, 2.45) is 12.0 Å². The molecule has 0 spiro atoms. The molecule has 0 aliphatic heterocycles.